The molecule has 1 aromatic carbocycles. The summed E-state index contributed by atoms with van der Waals surface area (Å²) in [5.41, 5.74) is 8.02. The van der Waals surface area contributed by atoms with Crippen molar-refractivity contribution in [1.29, 1.82) is 0 Å². The summed E-state index contributed by atoms with van der Waals surface area (Å²) in [6.07, 6.45) is 3.90. The number of aryl methyl sites for hydroxylation is 1. The zero-order valence-corrected chi connectivity index (χ0v) is 13.1. The van der Waals surface area contributed by atoms with Gasteiger partial charge in [0.1, 0.15) is 5.54 Å². The Hall–Kier alpha value is -1.39. The van der Waals surface area contributed by atoms with Crippen LogP contribution in [0.15, 0.2) is 24.3 Å². The summed E-state index contributed by atoms with van der Waals surface area (Å²) in [5.74, 6) is -0.330. The molecule has 0 radical (unpaired) electrons. The van der Waals surface area contributed by atoms with Crippen molar-refractivity contribution in [3.63, 3.8) is 0 Å². The molecule has 0 saturated carbocycles. The van der Waals surface area contributed by atoms with Gasteiger partial charge in [-0.15, -0.1) is 0 Å². The molecule has 4 heteroatoms. The molecule has 1 aliphatic rings. The van der Waals surface area contributed by atoms with Gasteiger partial charge in [0.2, 0.25) is 0 Å². The van der Waals surface area contributed by atoms with Crippen LogP contribution in [0.1, 0.15) is 37.3 Å². The first-order valence-corrected chi connectivity index (χ1v) is 7.69. The highest BCUT2D eigenvalue weighted by Crippen LogP contribution is 2.19. The van der Waals surface area contributed by atoms with E-state index >= 15 is 0 Å². The fourth-order valence-corrected chi connectivity index (χ4v) is 2.96. The number of nitrogens with two attached hydrogens (primary N) is 1. The molecule has 1 aromatic rings. The number of carbonyl (C=O) groups is 1. The molecule has 1 aliphatic heterocycles. The second-order valence-corrected chi connectivity index (χ2v) is 6.16. The molecular formula is C17H26N2O2. The Balaban J connectivity index is 1.86. The van der Waals surface area contributed by atoms with Gasteiger partial charge in [0.05, 0.1) is 7.11 Å². The van der Waals surface area contributed by atoms with E-state index in [2.05, 4.69) is 29.2 Å². The number of esters is 1. The largest absolute Gasteiger partial charge is 0.468 e. The highest BCUT2D eigenvalue weighted by atomic mass is 16.5. The number of methoxy groups -OCH3 is 1. The second-order valence-electron chi connectivity index (χ2n) is 6.16. The maximum absolute atomic E-state index is 11.6. The van der Waals surface area contributed by atoms with Gasteiger partial charge >= 0.3 is 5.97 Å². The normalized spacial score (nSPS) is 18.4. The maximum Gasteiger partial charge on any atom is 0.325 e. The Kier molecular flexibility index (Phi) is 5.37. The van der Waals surface area contributed by atoms with Crippen LogP contribution in [0.2, 0.25) is 0 Å². The van der Waals surface area contributed by atoms with E-state index in [4.69, 9.17) is 10.5 Å². The minimum atomic E-state index is -0.876. The summed E-state index contributed by atoms with van der Waals surface area (Å²) in [4.78, 5) is 14.0. The molecule has 2 rings (SSSR count). The van der Waals surface area contributed by atoms with Crippen molar-refractivity contribution >= 4 is 5.97 Å². The van der Waals surface area contributed by atoms with Crippen molar-refractivity contribution in [2.24, 2.45) is 5.73 Å². The molecule has 116 valence electrons. The number of carbonyl (C=O) groups excluding carboxylic acids is 1. The van der Waals surface area contributed by atoms with Crippen molar-refractivity contribution in [2.75, 3.05) is 20.2 Å². The number of hydrogen-bond acceptors (Lipinski definition) is 4. The van der Waals surface area contributed by atoms with Crippen LogP contribution >= 0.6 is 0 Å². The van der Waals surface area contributed by atoms with Crippen molar-refractivity contribution in [2.45, 2.75) is 44.7 Å². The minimum absolute atomic E-state index is 0.330. The molecule has 0 spiro atoms. The van der Waals surface area contributed by atoms with E-state index in [-0.39, 0.29) is 5.97 Å². The van der Waals surface area contributed by atoms with Crippen LogP contribution in [0.4, 0.5) is 0 Å². The van der Waals surface area contributed by atoms with Gasteiger partial charge in [0, 0.05) is 6.54 Å². The topological polar surface area (TPSA) is 55.6 Å². The van der Waals surface area contributed by atoms with E-state index in [0.29, 0.717) is 6.42 Å². The Morgan fingerprint density at radius 3 is 2.81 bits per heavy atom. The van der Waals surface area contributed by atoms with Crippen molar-refractivity contribution in [3.8, 4) is 0 Å². The molecule has 2 N–H and O–H groups in total. The SMILES string of the molecule is COC(=O)C(C)(N)CCCN1CCCc2ccccc2C1. The highest BCUT2D eigenvalue weighted by Gasteiger charge is 2.29. The molecule has 0 bridgehead atoms. The van der Waals surface area contributed by atoms with Gasteiger partial charge in [-0.25, -0.2) is 0 Å². The predicted molar refractivity (Wildman–Crippen MR) is 83.9 cm³/mol. The Morgan fingerprint density at radius 1 is 1.38 bits per heavy atom. The standard InChI is InChI=1S/C17H26N2O2/c1-17(18,16(20)21-2)10-6-12-19-11-5-9-14-7-3-4-8-15(14)13-19/h3-4,7-8H,5-6,9-13,18H2,1-2H3. The first-order valence-electron chi connectivity index (χ1n) is 7.69. The number of ether oxygens (including phenoxy) is 1. The van der Waals surface area contributed by atoms with Gasteiger partial charge in [-0.2, -0.15) is 0 Å². The molecule has 0 aromatic heterocycles. The average Bonchev–Trinajstić information content (AvgIpc) is 2.67. The zero-order chi connectivity index (χ0) is 15.3. The van der Waals surface area contributed by atoms with Crippen LogP contribution in [-0.4, -0.2) is 36.6 Å². The lowest BCUT2D eigenvalue weighted by Crippen LogP contribution is -2.46. The van der Waals surface area contributed by atoms with Crippen LogP contribution in [0, 0.1) is 0 Å². The van der Waals surface area contributed by atoms with Gasteiger partial charge in [-0.05, 0) is 56.8 Å². The van der Waals surface area contributed by atoms with E-state index < -0.39 is 5.54 Å². The summed E-state index contributed by atoms with van der Waals surface area (Å²) in [5, 5.41) is 0. The predicted octanol–water partition coefficient (Wildman–Crippen LogP) is 2.11. The first kappa shape index (κ1) is 16.0. The maximum atomic E-state index is 11.6. The van der Waals surface area contributed by atoms with Crippen molar-refractivity contribution in [1.82, 2.24) is 4.90 Å². The lowest BCUT2D eigenvalue weighted by atomic mass is 9.97. The van der Waals surface area contributed by atoms with E-state index in [9.17, 15) is 4.79 Å². The molecule has 1 heterocycles. The van der Waals surface area contributed by atoms with E-state index in [1.807, 2.05) is 0 Å². The van der Waals surface area contributed by atoms with Gasteiger partial charge in [0.25, 0.3) is 0 Å². The number of hydrogen-bond donors (Lipinski definition) is 1. The van der Waals surface area contributed by atoms with Crippen molar-refractivity contribution in [3.05, 3.63) is 35.4 Å². The monoisotopic (exact) mass is 290 g/mol. The number of nitrogens with zero attached hydrogens (tertiary/aromatic N) is 1. The zero-order valence-electron chi connectivity index (χ0n) is 13.1. The van der Waals surface area contributed by atoms with Crippen LogP contribution < -0.4 is 5.73 Å². The molecule has 0 fully saturated rings. The van der Waals surface area contributed by atoms with E-state index in [1.54, 1.807) is 6.92 Å². The molecule has 1 atom stereocenters. The number of fused-ring (bicyclic) bond motifs is 1. The fourth-order valence-electron chi connectivity index (χ4n) is 2.96. The van der Waals surface area contributed by atoms with Gasteiger partial charge in [-0.1, -0.05) is 24.3 Å². The third-order valence-electron chi connectivity index (χ3n) is 4.25. The summed E-state index contributed by atoms with van der Waals surface area (Å²) >= 11 is 0. The fraction of sp³-hybridized carbons (Fsp3) is 0.588. The summed E-state index contributed by atoms with van der Waals surface area (Å²) in [6.45, 7) is 4.82. The quantitative estimate of drug-likeness (QED) is 0.844. The average molecular weight is 290 g/mol. The Bertz CT molecular complexity index is 485. The summed E-state index contributed by atoms with van der Waals surface area (Å²) in [7, 11) is 1.39. The minimum Gasteiger partial charge on any atom is -0.468 e. The van der Waals surface area contributed by atoms with Crippen LogP contribution in [-0.2, 0) is 22.5 Å². The molecule has 0 aliphatic carbocycles. The van der Waals surface area contributed by atoms with Crippen LogP contribution in [0.25, 0.3) is 0 Å². The lowest BCUT2D eigenvalue weighted by molar-refractivity contribution is -0.146. The Labute approximate surface area is 127 Å². The third kappa shape index (κ3) is 4.29. The van der Waals surface area contributed by atoms with Gasteiger partial charge in [-0.3, -0.25) is 9.69 Å². The Morgan fingerprint density at radius 2 is 2.10 bits per heavy atom. The van der Waals surface area contributed by atoms with E-state index in [0.717, 1.165) is 32.5 Å². The molecule has 0 amide bonds. The van der Waals surface area contributed by atoms with Crippen LogP contribution in [0.3, 0.4) is 0 Å². The highest BCUT2D eigenvalue weighted by molar-refractivity contribution is 5.79. The number of benzene rings is 1. The lowest BCUT2D eigenvalue weighted by Gasteiger charge is -2.24. The first-order chi connectivity index (χ1) is 10.0. The molecule has 0 saturated heterocycles. The summed E-state index contributed by atoms with van der Waals surface area (Å²) < 4.78 is 4.75. The second kappa shape index (κ2) is 7.05. The van der Waals surface area contributed by atoms with Crippen molar-refractivity contribution < 1.29 is 9.53 Å². The molecule has 4 nitrogen and oxygen atoms in total. The van der Waals surface area contributed by atoms with Gasteiger partial charge in [0.15, 0.2) is 0 Å². The van der Waals surface area contributed by atoms with Gasteiger partial charge < -0.3 is 10.5 Å². The molecule has 1 unspecified atom stereocenters. The third-order valence-corrected chi connectivity index (χ3v) is 4.25. The smallest absolute Gasteiger partial charge is 0.325 e. The molecule has 21 heavy (non-hydrogen) atoms. The van der Waals surface area contributed by atoms with E-state index in [1.165, 1.54) is 24.7 Å². The summed E-state index contributed by atoms with van der Waals surface area (Å²) in [6, 6.07) is 8.67. The van der Waals surface area contributed by atoms with Crippen LogP contribution in [0.5, 0.6) is 0 Å². The molecular weight excluding hydrogens is 264 g/mol. The number of rotatable bonds is 5.